The van der Waals surface area contributed by atoms with Gasteiger partial charge in [-0.05, 0) is 24.6 Å². The van der Waals surface area contributed by atoms with Gasteiger partial charge < -0.3 is 14.5 Å². The minimum atomic E-state index is -0.173. The molecule has 2 aliphatic rings. The standard InChI is InChI=1S/C23H24N6O3/c1-16-5-7-17(8-6-16)20-14-29-19(15-32-20)21(25-26-29)23(31)28-12-10-27(11-13-28)22(30)18-4-2-3-9-24-18/h2-9,20H,10-15H2,1H3. The molecule has 1 unspecified atom stereocenters. The Labute approximate surface area is 185 Å². The Balaban J connectivity index is 1.23. The lowest BCUT2D eigenvalue weighted by Crippen LogP contribution is -2.51. The lowest BCUT2D eigenvalue weighted by atomic mass is 10.1. The highest BCUT2D eigenvalue weighted by Crippen LogP contribution is 2.27. The second-order valence-corrected chi connectivity index (χ2v) is 8.08. The SMILES string of the molecule is Cc1ccc(C2Cn3nnc(C(=O)N4CCN(C(=O)c5ccccn5)CC4)c3CO2)cc1. The first-order valence-corrected chi connectivity index (χ1v) is 10.7. The van der Waals surface area contributed by atoms with Gasteiger partial charge in [-0.15, -0.1) is 5.10 Å². The van der Waals surface area contributed by atoms with Crippen molar-refractivity contribution in [3.05, 3.63) is 76.9 Å². The second-order valence-electron chi connectivity index (χ2n) is 8.08. The van der Waals surface area contributed by atoms with Crippen molar-refractivity contribution in [2.45, 2.75) is 26.2 Å². The third-order valence-corrected chi connectivity index (χ3v) is 5.99. The molecule has 164 valence electrons. The molecule has 3 aromatic rings. The van der Waals surface area contributed by atoms with Gasteiger partial charge in [0.2, 0.25) is 0 Å². The van der Waals surface area contributed by atoms with Gasteiger partial charge in [0.05, 0.1) is 18.8 Å². The minimum Gasteiger partial charge on any atom is -0.365 e. The Bertz CT molecular complexity index is 1120. The van der Waals surface area contributed by atoms with Crippen molar-refractivity contribution in [2.24, 2.45) is 0 Å². The van der Waals surface area contributed by atoms with Crippen molar-refractivity contribution in [3.63, 3.8) is 0 Å². The summed E-state index contributed by atoms with van der Waals surface area (Å²) in [7, 11) is 0. The molecular weight excluding hydrogens is 408 g/mol. The first-order chi connectivity index (χ1) is 15.6. The maximum absolute atomic E-state index is 13.1. The summed E-state index contributed by atoms with van der Waals surface area (Å²) in [6.07, 6.45) is 1.49. The average Bonchev–Trinajstić information content (AvgIpc) is 3.27. The molecule has 9 nitrogen and oxygen atoms in total. The molecule has 2 aromatic heterocycles. The summed E-state index contributed by atoms with van der Waals surface area (Å²) in [5.41, 5.74) is 3.72. The van der Waals surface area contributed by atoms with E-state index in [4.69, 9.17) is 4.74 Å². The van der Waals surface area contributed by atoms with E-state index in [1.165, 1.54) is 5.56 Å². The fraction of sp³-hybridized carbons (Fsp3) is 0.348. The van der Waals surface area contributed by atoms with Gasteiger partial charge in [0.1, 0.15) is 11.8 Å². The van der Waals surface area contributed by atoms with Gasteiger partial charge in [-0.3, -0.25) is 14.6 Å². The molecule has 5 rings (SSSR count). The number of hydrogen-bond donors (Lipinski definition) is 0. The van der Waals surface area contributed by atoms with E-state index < -0.39 is 0 Å². The molecule has 1 aromatic carbocycles. The van der Waals surface area contributed by atoms with E-state index >= 15 is 0 Å². The third kappa shape index (κ3) is 3.87. The van der Waals surface area contributed by atoms with Gasteiger partial charge in [0, 0.05) is 32.4 Å². The largest absolute Gasteiger partial charge is 0.365 e. The molecule has 9 heteroatoms. The molecule has 0 radical (unpaired) electrons. The van der Waals surface area contributed by atoms with Crippen molar-refractivity contribution in [1.82, 2.24) is 29.8 Å². The smallest absolute Gasteiger partial charge is 0.276 e. The van der Waals surface area contributed by atoms with Crippen LogP contribution in [0.2, 0.25) is 0 Å². The topological polar surface area (TPSA) is 93.5 Å². The summed E-state index contributed by atoms with van der Waals surface area (Å²) in [5, 5.41) is 8.38. The summed E-state index contributed by atoms with van der Waals surface area (Å²) in [6.45, 7) is 4.64. The molecule has 0 spiro atoms. The Kier molecular flexibility index (Phi) is 5.40. The van der Waals surface area contributed by atoms with E-state index in [0.29, 0.717) is 49.8 Å². The maximum atomic E-state index is 13.1. The van der Waals surface area contributed by atoms with Gasteiger partial charge in [0.25, 0.3) is 11.8 Å². The molecule has 1 fully saturated rings. The molecule has 1 atom stereocenters. The van der Waals surface area contributed by atoms with Gasteiger partial charge in [-0.2, -0.15) is 0 Å². The zero-order chi connectivity index (χ0) is 22.1. The van der Waals surface area contributed by atoms with Gasteiger partial charge in [-0.25, -0.2) is 4.68 Å². The fourth-order valence-electron chi connectivity index (χ4n) is 4.07. The minimum absolute atomic E-state index is 0.116. The fourth-order valence-corrected chi connectivity index (χ4v) is 4.07. The van der Waals surface area contributed by atoms with Crippen LogP contribution < -0.4 is 0 Å². The summed E-state index contributed by atoms with van der Waals surface area (Å²) in [4.78, 5) is 33.3. The zero-order valence-electron chi connectivity index (χ0n) is 17.8. The van der Waals surface area contributed by atoms with Gasteiger partial charge in [-0.1, -0.05) is 41.1 Å². The molecule has 0 N–H and O–H groups in total. The summed E-state index contributed by atoms with van der Waals surface area (Å²) >= 11 is 0. The van der Waals surface area contributed by atoms with Gasteiger partial charge in [0.15, 0.2) is 5.69 Å². The normalized spacial score (nSPS) is 18.3. The van der Waals surface area contributed by atoms with Crippen LogP contribution in [0.1, 0.15) is 43.9 Å². The third-order valence-electron chi connectivity index (χ3n) is 5.99. The molecule has 0 aliphatic carbocycles. The number of carbonyl (C=O) groups is 2. The van der Waals surface area contributed by atoms with Crippen molar-refractivity contribution in [2.75, 3.05) is 26.2 Å². The predicted octanol–water partition coefficient (Wildman–Crippen LogP) is 1.85. The Morgan fingerprint density at radius 1 is 0.969 bits per heavy atom. The highest BCUT2D eigenvalue weighted by molar-refractivity contribution is 5.94. The molecule has 4 heterocycles. The highest BCUT2D eigenvalue weighted by Gasteiger charge is 2.32. The summed E-state index contributed by atoms with van der Waals surface area (Å²) in [5.74, 6) is -0.289. The lowest BCUT2D eigenvalue weighted by molar-refractivity contribution is -0.00203. The number of aromatic nitrogens is 4. The second kappa shape index (κ2) is 8.51. The number of carbonyl (C=O) groups excluding carboxylic acids is 2. The number of rotatable bonds is 3. The van der Waals surface area contributed by atoms with E-state index in [9.17, 15) is 9.59 Å². The Morgan fingerprint density at radius 2 is 1.69 bits per heavy atom. The number of pyridine rings is 1. The van der Waals surface area contributed by atoms with E-state index in [-0.39, 0.29) is 24.5 Å². The number of piperazine rings is 1. The predicted molar refractivity (Wildman–Crippen MR) is 115 cm³/mol. The maximum Gasteiger partial charge on any atom is 0.276 e. The van der Waals surface area contributed by atoms with Crippen molar-refractivity contribution < 1.29 is 14.3 Å². The molecule has 2 aliphatic heterocycles. The number of amides is 2. The van der Waals surface area contributed by atoms with Crippen molar-refractivity contribution in [1.29, 1.82) is 0 Å². The summed E-state index contributed by atoms with van der Waals surface area (Å²) < 4.78 is 7.80. The van der Waals surface area contributed by atoms with Crippen molar-refractivity contribution >= 4 is 11.8 Å². The molecule has 0 bridgehead atoms. The van der Waals surface area contributed by atoms with Crippen LogP contribution in [-0.2, 0) is 17.9 Å². The van der Waals surface area contributed by atoms with Crippen LogP contribution in [0.3, 0.4) is 0 Å². The molecule has 32 heavy (non-hydrogen) atoms. The molecule has 1 saturated heterocycles. The van der Waals surface area contributed by atoms with E-state index in [0.717, 1.165) is 5.56 Å². The monoisotopic (exact) mass is 432 g/mol. The first kappa shape index (κ1) is 20.3. The molecule has 2 amide bonds. The first-order valence-electron chi connectivity index (χ1n) is 10.7. The quantitative estimate of drug-likeness (QED) is 0.627. The van der Waals surface area contributed by atoms with Crippen LogP contribution in [-0.4, -0.2) is 67.8 Å². The van der Waals surface area contributed by atoms with Crippen LogP contribution in [0, 0.1) is 6.92 Å². The summed E-state index contributed by atoms with van der Waals surface area (Å²) in [6, 6.07) is 13.5. The average molecular weight is 432 g/mol. The van der Waals surface area contributed by atoms with Crippen LogP contribution in [0.5, 0.6) is 0 Å². The van der Waals surface area contributed by atoms with E-state index in [1.54, 1.807) is 38.9 Å². The number of benzene rings is 1. The van der Waals surface area contributed by atoms with Crippen molar-refractivity contribution in [3.8, 4) is 0 Å². The van der Waals surface area contributed by atoms with E-state index in [2.05, 4.69) is 39.6 Å². The number of nitrogens with zero attached hydrogens (tertiary/aromatic N) is 6. The van der Waals surface area contributed by atoms with Gasteiger partial charge >= 0.3 is 0 Å². The number of fused-ring (bicyclic) bond motifs is 1. The highest BCUT2D eigenvalue weighted by atomic mass is 16.5. The zero-order valence-corrected chi connectivity index (χ0v) is 17.8. The van der Waals surface area contributed by atoms with Crippen LogP contribution in [0.4, 0.5) is 0 Å². The van der Waals surface area contributed by atoms with E-state index in [1.807, 2.05) is 6.92 Å². The van der Waals surface area contributed by atoms with Crippen LogP contribution in [0.25, 0.3) is 0 Å². The van der Waals surface area contributed by atoms with Crippen LogP contribution in [0.15, 0.2) is 48.7 Å². The lowest BCUT2D eigenvalue weighted by Gasteiger charge is -2.34. The Morgan fingerprint density at radius 3 is 2.38 bits per heavy atom. The Hall–Kier alpha value is -3.59. The number of aryl methyl sites for hydroxylation is 1. The molecule has 0 saturated carbocycles. The van der Waals surface area contributed by atoms with Crippen LogP contribution >= 0.6 is 0 Å². The number of hydrogen-bond acceptors (Lipinski definition) is 6. The number of ether oxygens (including phenoxy) is 1. The molecular formula is C23H24N6O3.